The van der Waals surface area contributed by atoms with E-state index in [2.05, 4.69) is 4.99 Å². The van der Waals surface area contributed by atoms with Crippen molar-refractivity contribution < 1.29 is 19.2 Å². The Labute approximate surface area is 172 Å². The molecule has 2 aliphatic rings. The fourth-order valence-electron chi connectivity index (χ4n) is 3.58. The fourth-order valence-corrected chi connectivity index (χ4v) is 3.84. The van der Waals surface area contributed by atoms with E-state index in [1.165, 1.54) is 19.2 Å². The van der Waals surface area contributed by atoms with Gasteiger partial charge in [0.15, 0.2) is 11.6 Å². The lowest BCUT2D eigenvalue weighted by atomic mass is 9.65. The summed E-state index contributed by atoms with van der Waals surface area (Å²) in [5.74, 6) is -0.488. The molecule has 1 aromatic rings. The molecule has 8 heteroatoms. The van der Waals surface area contributed by atoms with Crippen molar-refractivity contribution in [2.24, 2.45) is 10.4 Å². The molecule has 1 aromatic carbocycles. The minimum atomic E-state index is -1.52. The Morgan fingerprint density at radius 1 is 1.28 bits per heavy atom. The number of hydrogen-bond acceptors (Lipinski definition) is 6. The van der Waals surface area contributed by atoms with Crippen LogP contribution < -0.4 is 0 Å². The first kappa shape index (κ1) is 20.7. The van der Waals surface area contributed by atoms with Crippen molar-refractivity contribution >= 4 is 34.6 Å². The first-order chi connectivity index (χ1) is 13.9. The zero-order chi connectivity index (χ0) is 21.0. The molecule has 0 aromatic heterocycles. The molecule has 1 atom stereocenters. The lowest BCUT2D eigenvalue weighted by Gasteiger charge is -2.35. The van der Waals surface area contributed by atoms with Gasteiger partial charge >= 0.3 is 0 Å². The summed E-state index contributed by atoms with van der Waals surface area (Å²) < 4.78 is 5.24. The summed E-state index contributed by atoms with van der Waals surface area (Å²) in [4.78, 5) is 41.6. The highest BCUT2D eigenvalue weighted by Gasteiger charge is 2.50. The molecule has 1 unspecified atom stereocenters. The number of carbonyl (C=O) groups excluding carboxylic acids is 2. The van der Waals surface area contributed by atoms with E-state index >= 15 is 0 Å². The van der Waals surface area contributed by atoms with E-state index in [1.807, 2.05) is 0 Å². The number of ketones is 2. The number of carbonyl (C=O) groups is 2. The maximum atomic E-state index is 13.7. The molecule has 7 nitrogen and oxygen atoms in total. The fraction of sp³-hybridized carbons (Fsp3) is 0.286. The van der Waals surface area contributed by atoms with Crippen molar-refractivity contribution in [2.45, 2.75) is 25.7 Å². The first-order valence-corrected chi connectivity index (χ1v) is 9.48. The number of non-ortho nitro benzene ring substituents is 1. The van der Waals surface area contributed by atoms with Crippen LogP contribution >= 0.6 is 11.6 Å². The standard InChI is InChI=1S/C21H19ClN2O5/c1-29-19-9-4-2-3-7-17(23-19)21(12-6-5-8-18(21)25)20(26)15-11-10-14(24(27)28)13-16(15)22/h2-4,7,9-11,13H,5-6,8,12H2,1H3. The number of hydrogen-bond donors (Lipinski definition) is 0. The molecule has 0 bridgehead atoms. The Morgan fingerprint density at radius 3 is 2.72 bits per heavy atom. The average molecular weight is 415 g/mol. The quantitative estimate of drug-likeness (QED) is 0.303. The normalized spacial score (nSPS) is 21.7. The number of nitro benzene ring substituents is 1. The van der Waals surface area contributed by atoms with Crippen molar-refractivity contribution in [2.75, 3.05) is 7.11 Å². The van der Waals surface area contributed by atoms with Gasteiger partial charge in [0.25, 0.3) is 5.69 Å². The van der Waals surface area contributed by atoms with E-state index in [1.54, 1.807) is 30.4 Å². The summed E-state index contributed by atoms with van der Waals surface area (Å²) in [6.07, 6.45) is 10.3. The number of nitrogens with zero attached hydrogens (tertiary/aromatic N) is 2. The van der Waals surface area contributed by atoms with Gasteiger partial charge in [-0.1, -0.05) is 36.2 Å². The molecule has 0 saturated heterocycles. The van der Waals surface area contributed by atoms with Gasteiger partial charge in [0.1, 0.15) is 5.41 Å². The molecule has 0 N–H and O–H groups in total. The second-order valence-electron chi connectivity index (χ2n) is 6.74. The highest BCUT2D eigenvalue weighted by Crippen LogP contribution is 2.41. The zero-order valence-electron chi connectivity index (χ0n) is 15.8. The van der Waals surface area contributed by atoms with Gasteiger partial charge in [-0.2, -0.15) is 0 Å². The third-order valence-electron chi connectivity index (χ3n) is 5.07. The highest BCUT2D eigenvalue weighted by atomic mass is 35.5. The molecular weight excluding hydrogens is 396 g/mol. The Morgan fingerprint density at radius 2 is 2.07 bits per heavy atom. The molecule has 0 spiro atoms. The molecule has 0 radical (unpaired) electrons. The molecule has 1 aliphatic heterocycles. The monoisotopic (exact) mass is 414 g/mol. The minimum Gasteiger partial charge on any atom is -0.481 e. The van der Waals surface area contributed by atoms with Crippen LogP contribution in [0.4, 0.5) is 5.69 Å². The van der Waals surface area contributed by atoms with Crippen molar-refractivity contribution in [1.29, 1.82) is 0 Å². The van der Waals surface area contributed by atoms with E-state index < -0.39 is 16.1 Å². The van der Waals surface area contributed by atoms with Gasteiger partial charge in [0.05, 0.1) is 22.8 Å². The van der Waals surface area contributed by atoms with E-state index in [9.17, 15) is 19.7 Å². The molecule has 29 heavy (non-hydrogen) atoms. The SMILES string of the molecule is COC1=CC=CC=CC(C2(C(=O)c3ccc([N+](=O)[O-])cc3Cl)CCCCC2=O)=N1. The van der Waals surface area contributed by atoms with Crippen LogP contribution in [0, 0.1) is 15.5 Å². The molecule has 1 aliphatic carbocycles. The Bertz CT molecular complexity index is 993. The molecule has 1 saturated carbocycles. The van der Waals surface area contributed by atoms with Crippen LogP contribution in [-0.2, 0) is 9.53 Å². The summed E-state index contributed by atoms with van der Waals surface area (Å²) in [6.45, 7) is 0. The summed E-state index contributed by atoms with van der Waals surface area (Å²) in [6, 6.07) is 3.63. The van der Waals surface area contributed by atoms with Gasteiger partial charge < -0.3 is 4.74 Å². The third kappa shape index (κ3) is 3.91. The second-order valence-corrected chi connectivity index (χ2v) is 7.14. The summed E-state index contributed by atoms with van der Waals surface area (Å²) >= 11 is 6.21. The van der Waals surface area contributed by atoms with Gasteiger partial charge in [-0.05, 0) is 25.0 Å². The highest BCUT2D eigenvalue weighted by molar-refractivity contribution is 6.39. The van der Waals surface area contributed by atoms with Crippen LogP contribution in [0.1, 0.15) is 36.0 Å². The van der Waals surface area contributed by atoms with Crippen LogP contribution in [0.3, 0.4) is 0 Å². The van der Waals surface area contributed by atoms with E-state index in [0.29, 0.717) is 12.8 Å². The maximum Gasteiger partial charge on any atom is 0.270 e. The minimum absolute atomic E-state index is 0.0594. The third-order valence-corrected chi connectivity index (χ3v) is 5.38. The number of halogens is 1. The maximum absolute atomic E-state index is 13.7. The molecule has 3 rings (SSSR count). The summed E-state index contributed by atoms with van der Waals surface area (Å²) in [7, 11) is 1.45. The van der Waals surface area contributed by atoms with Crippen molar-refractivity contribution in [3.63, 3.8) is 0 Å². The van der Waals surface area contributed by atoms with Crippen molar-refractivity contribution in [3.8, 4) is 0 Å². The topological polar surface area (TPSA) is 98.9 Å². The summed E-state index contributed by atoms with van der Waals surface area (Å²) in [5, 5.41) is 10.9. The first-order valence-electron chi connectivity index (χ1n) is 9.10. The molecule has 150 valence electrons. The molecular formula is C21H19ClN2O5. The number of ether oxygens (including phenoxy) is 1. The number of Topliss-reactive ketones (excluding diaryl/α,β-unsaturated/α-hetero) is 2. The van der Waals surface area contributed by atoms with Gasteiger partial charge in [0.2, 0.25) is 5.88 Å². The number of nitro groups is 1. The van der Waals surface area contributed by atoms with Gasteiger partial charge in [0, 0.05) is 30.2 Å². The summed E-state index contributed by atoms with van der Waals surface area (Å²) in [5.41, 5.74) is -1.41. The van der Waals surface area contributed by atoms with Crippen molar-refractivity contribution in [1.82, 2.24) is 0 Å². The Hall–Kier alpha value is -3.06. The van der Waals surface area contributed by atoms with Crippen LogP contribution in [0.25, 0.3) is 0 Å². The van der Waals surface area contributed by atoms with E-state index in [-0.39, 0.29) is 46.5 Å². The van der Waals surface area contributed by atoms with Gasteiger partial charge in [-0.3, -0.25) is 19.7 Å². The smallest absolute Gasteiger partial charge is 0.270 e. The average Bonchev–Trinajstić information content (AvgIpc) is 2.68. The Kier molecular flexibility index (Phi) is 6.08. The number of benzene rings is 1. The number of allylic oxidation sites excluding steroid dienone is 5. The van der Waals surface area contributed by atoms with Crippen molar-refractivity contribution in [3.05, 3.63) is 75.2 Å². The number of rotatable bonds is 5. The molecule has 1 fully saturated rings. The van der Waals surface area contributed by atoms with Crippen LogP contribution in [-0.4, -0.2) is 29.3 Å². The second kappa shape index (κ2) is 8.53. The lowest BCUT2D eigenvalue weighted by Crippen LogP contribution is -2.48. The predicted molar refractivity (Wildman–Crippen MR) is 109 cm³/mol. The molecule has 0 amide bonds. The van der Waals surface area contributed by atoms with Crippen LogP contribution in [0.2, 0.25) is 5.02 Å². The largest absolute Gasteiger partial charge is 0.481 e. The predicted octanol–water partition coefficient (Wildman–Crippen LogP) is 4.62. The van der Waals surface area contributed by atoms with E-state index in [4.69, 9.17) is 16.3 Å². The van der Waals surface area contributed by atoms with Crippen LogP contribution in [0.5, 0.6) is 0 Å². The molecule has 1 heterocycles. The van der Waals surface area contributed by atoms with E-state index in [0.717, 1.165) is 6.07 Å². The number of aliphatic imine (C=N–C) groups is 1. The zero-order valence-corrected chi connectivity index (χ0v) is 16.5. The van der Waals surface area contributed by atoms with Gasteiger partial charge in [-0.25, -0.2) is 4.99 Å². The van der Waals surface area contributed by atoms with Crippen LogP contribution in [0.15, 0.2) is 59.5 Å². The van der Waals surface area contributed by atoms with Gasteiger partial charge in [-0.15, -0.1) is 0 Å². The Balaban J connectivity index is 2.17. The number of methoxy groups -OCH3 is 1. The lowest BCUT2D eigenvalue weighted by molar-refractivity contribution is -0.384.